The van der Waals surface area contributed by atoms with Crippen molar-refractivity contribution in [2.24, 2.45) is 5.73 Å². The van der Waals surface area contributed by atoms with Crippen molar-refractivity contribution in [1.82, 2.24) is 10.2 Å². The molecule has 3 N–H and O–H groups in total. The van der Waals surface area contributed by atoms with Crippen LogP contribution in [0.4, 0.5) is 0 Å². The summed E-state index contributed by atoms with van der Waals surface area (Å²) in [6, 6.07) is 8.94. The lowest BCUT2D eigenvalue weighted by Crippen LogP contribution is -2.47. The highest BCUT2D eigenvalue weighted by Crippen LogP contribution is 2.22. The van der Waals surface area contributed by atoms with Crippen LogP contribution in [0.15, 0.2) is 24.3 Å². The predicted octanol–water partition coefficient (Wildman–Crippen LogP) is 0.900. The van der Waals surface area contributed by atoms with Crippen molar-refractivity contribution in [2.45, 2.75) is 13.0 Å². The summed E-state index contributed by atoms with van der Waals surface area (Å²) in [4.78, 5) is 2.48. The van der Waals surface area contributed by atoms with Gasteiger partial charge in [0.15, 0.2) is 0 Å². The maximum atomic E-state index is 5.94. The molecule has 3 heteroatoms. The van der Waals surface area contributed by atoms with Crippen LogP contribution in [-0.4, -0.2) is 37.6 Å². The molecular weight excluding hydrogens is 198 g/mol. The summed E-state index contributed by atoms with van der Waals surface area (Å²) in [5.74, 6) is 0. The van der Waals surface area contributed by atoms with Gasteiger partial charge in [-0.15, -0.1) is 0 Å². The predicted molar refractivity (Wildman–Crippen MR) is 67.4 cm³/mol. The van der Waals surface area contributed by atoms with Crippen LogP contribution in [0.5, 0.6) is 0 Å². The Morgan fingerprint density at radius 1 is 1.31 bits per heavy atom. The minimum atomic E-state index is 0.378. The van der Waals surface area contributed by atoms with Gasteiger partial charge in [-0.3, -0.25) is 4.90 Å². The molecule has 1 aliphatic rings. The summed E-state index contributed by atoms with van der Waals surface area (Å²) in [6.45, 7) is 7.20. The number of benzene rings is 1. The minimum Gasteiger partial charge on any atom is -0.329 e. The Kier molecular flexibility index (Phi) is 3.93. The molecule has 1 atom stereocenters. The van der Waals surface area contributed by atoms with Crippen molar-refractivity contribution in [3.8, 4) is 0 Å². The topological polar surface area (TPSA) is 41.3 Å². The molecule has 1 aromatic rings. The normalized spacial score (nSPS) is 19.6. The Labute approximate surface area is 97.6 Å². The number of rotatable bonds is 3. The molecular formula is C13H21N3. The lowest BCUT2D eigenvalue weighted by atomic mass is 9.99. The fraction of sp³-hybridized carbons (Fsp3) is 0.538. The van der Waals surface area contributed by atoms with E-state index in [9.17, 15) is 0 Å². The lowest BCUT2D eigenvalue weighted by Gasteiger charge is -2.35. The molecule has 1 aromatic carbocycles. The summed E-state index contributed by atoms with van der Waals surface area (Å²) < 4.78 is 0. The van der Waals surface area contributed by atoms with Crippen molar-refractivity contribution in [2.75, 3.05) is 32.7 Å². The van der Waals surface area contributed by atoms with Crippen molar-refractivity contribution < 1.29 is 0 Å². The van der Waals surface area contributed by atoms with Gasteiger partial charge in [0.25, 0.3) is 0 Å². The van der Waals surface area contributed by atoms with Gasteiger partial charge >= 0.3 is 0 Å². The Bertz CT molecular complexity index is 332. The van der Waals surface area contributed by atoms with Gasteiger partial charge in [0.1, 0.15) is 0 Å². The molecule has 88 valence electrons. The lowest BCUT2D eigenvalue weighted by molar-refractivity contribution is 0.177. The van der Waals surface area contributed by atoms with E-state index in [0.717, 1.165) is 26.2 Å². The van der Waals surface area contributed by atoms with E-state index in [0.29, 0.717) is 12.6 Å². The van der Waals surface area contributed by atoms with E-state index in [1.165, 1.54) is 11.1 Å². The fourth-order valence-electron chi connectivity index (χ4n) is 2.43. The van der Waals surface area contributed by atoms with Crippen LogP contribution in [0.3, 0.4) is 0 Å². The summed E-state index contributed by atoms with van der Waals surface area (Å²) in [6.07, 6.45) is 0. The second-order valence-corrected chi connectivity index (χ2v) is 4.39. The smallest absolute Gasteiger partial charge is 0.0474 e. The van der Waals surface area contributed by atoms with E-state index in [4.69, 9.17) is 5.73 Å². The van der Waals surface area contributed by atoms with E-state index in [1.807, 2.05) is 0 Å². The molecule has 0 spiro atoms. The first-order valence-electron chi connectivity index (χ1n) is 6.03. The molecule has 16 heavy (non-hydrogen) atoms. The average molecular weight is 219 g/mol. The molecule has 1 fully saturated rings. The van der Waals surface area contributed by atoms with E-state index < -0.39 is 0 Å². The van der Waals surface area contributed by atoms with Crippen molar-refractivity contribution in [3.63, 3.8) is 0 Å². The number of nitrogens with one attached hydrogen (secondary N) is 1. The summed E-state index contributed by atoms with van der Waals surface area (Å²) in [7, 11) is 0. The molecule has 1 heterocycles. The first-order valence-corrected chi connectivity index (χ1v) is 6.03. The summed E-state index contributed by atoms with van der Waals surface area (Å²) in [5, 5.41) is 3.38. The van der Waals surface area contributed by atoms with E-state index in [2.05, 4.69) is 41.4 Å². The van der Waals surface area contributed by atoms with Crippen LogP contribution in [0.25, 0.3) is 0 Å². The molecule has 0 bridgehead atoms. The highest BCUT2D eigenvalue weighted by molar-refractivity contribution is 5.29. The monoisotopic (exact) mass is 219 g/mol. The van der Waals surface area contributed by atoms with Gasteiger partial charge in [-0.05, 0) is 18.1 Å². The van der Waals surface area contributed by atoms with E-state index >= 15 is 0 Å². The zero-order valence-electron chi connectivity index (χ0n) is 9.95. The van der Waals surface area contributed by atoms with Gasteiger partial charge in [0.05, 0.1) is 0 Å². The summed E-state index contributed by atoms with van der Waals surface area (Å²) in [5.41, 5.74) is 8.67. The van der Waals surface area contributed by atoms with Gasteiger partial charge in [-0.25, -0.2) is 0 Å². The molecule has 1 saturated heterocycles. The zero-order chi connectivity index (χ0) is 11.4. The van der Waals surface area contributed by atoms with Gasteiger partial charge < -0.3 is 11.1 Å². The van der Waals surface area contributed by atoms with Gasteiger partial charge in [-0.2, -0.15) is 0 Å². The summed E-state index contributed by atoms with van der Waals surface area (Å²) >= 11 is 0. The molecule has 0 aromatic heterocycles. The first kappa shape index (κ1) is 11.6. The molecule has 0 saturated carbocycles. The van der Waals surface area contributed by atoms with Crippen LogP contribution in [0, 0.1) is 6.92 Å². The second-order valence-electron chi connectivity index (χ2n) is 4.39. The van der Waals surface area contributed by atoms with E-state index in [-0.39, 0.29) is 0 Å². The first-order chi connectivity index (χ1) is 7.83. The highest BCUT2D eigenvalue weighted by Gasteiger charge is 2.21. The molecule has 0 aliphatic carbocycles. The van der Waals surface area contributed by atoms with Crippen LogP contribution in [-0.2, 0) is 0 Å². The number of nitrogens with zero attached hydrogens (tertiary/aromatic N) is 1. The minimum absolute atomic E-state index is 0.378. The maximum Gasteiger partial charge on any atom is 0.0474 e. The quantitative estimate of drug-likeness (QED) is 0.793. The Morgan fingerprint density at radius 2 is 2.00 bits per heavy atom. The average Bonchev–Trinajstić information content (AvgIpc) is 2.34. The molecule has 0 amide bonds. The molecule has 1 aliphatic heterocycles. The van der Waals surface area contributed by atoms with Crippen LogP contribution < -0.4 is 11.1 Å². The third-order valence-corrected chi connectivity index (χ3v) is 3.36. The van der Waals surface area contributed by atoms with Gasteiger partial charge in [0, 0.05) is 38.8 Å². The largest absolute Gasteiger partial charge is 0.329 e. The molecule has 3 nitrogen and oxygen atoms in total. The molecule has 2 rings (SSSR count). The van der Waals surface area contributed by atoms with E-state index in [1.54, 1.807) is 0 Å². The van der Waals surface area contributed by atoms with Gasteiger partial charge in [0.2, 0.25) is 0 Å². The maximum absolute atomic E-state index is 5.94. The fourth-order valence-corrected chi connectivity index (χ4v) is 2.43. The third kappa shape index (κ3) is 2.43. The number of nitrogens with two attached hydrogens (primary N) is 1. The SMILES string of the molecule is Cc1ccccc1C(CN)N1CCNCC1. The molecule has 0 radical (unpaired) electrons. The molecule has 1 unspecified atom stereocenters. The van der Waals surface area contributed by atoms with Crippen LogP contribution >= 0.6 is 0 Å². The Hall–Kier alpha value is -0.900. The zero-order valence-corrected chi connectivity index (χ0v) is 9.95. The number of hydrogen-bond acceptors (Lipinski definition) is 3. The standard InChI is InChI=1S/C13H21N3/c1-11-4-2-3-5-12(11)13(10-14)16-8-6-15-7-9-16/h2-5,13,15H,6-10,14H2,1H3. The number of hydrogen-bond donors (Lipinski definition) is 2. The van der Waals surface area contributed by atoms with Gasteiger partial charge in [-0.1, -0.05) is 24.3 Å². The second kappa shape index (κ2) is 5.43. The highest BCUT2D eigenvalue weighted by atomic mass is 15.2. The van der Waals surface area contributed by atoms with Crippen LogP contribution in [0.1, 0.15) is 17.2 Å². The number of piperazine rings is 1. The Morgan fingerprint density at radius 3 is 2.62 bits per heavy atom. The number of aryl methyl sites for hydroxylation is 1. The van der Waals surface area contributed by atoms with Crippen LogP contribution in [0.2, 0.25) is 0 Å². The third-order valence-electron chi connectivity index (χ3n) is 3.36. The van der Waals surface area contributed by atoms with Crippen molar-refractivity contribution in [3.05, 3.63) is 35.4 Å². The Balaban J connectivity index is 2.18. The van der Waals surface area contributed by atoms with Crippen molar-refractivity contribution in [1.29, 1.82) is 0 Å². The van der Waals surface area contributed by atoms with Crippen molar-refractivity contribution >= 4 is 0 Å².